The smallest absolute Gasteiger partial charge is 0.258 e. The van der Waals surface area contributed by atoms with E-state index in [0.29, 0.717) is 16.7 Å². The Bertz CT molecular complexity index is 1020. The third-order valence-electron chi connectivity index (χ3n) is 3.70. The van der Waals surface area contributed by atoms with E-state index < -0.39 is 17.5 Å². The lowest BCUT2D eigenvalue weighted by molar-refractivity contribution is -0.117. The summed E-state index contributed by atoms with van der Waals surface area (Å²) in [4.78, 5) is 32.7. The first-order valence-electron chi connectivity index (χ1n) is 7.84. The van der Waals surface area contributed by atoms with E-state index in [1.54, 1.807) is 36.2 Å². The number of benzene rings is 2. The minimum absolute atomic E-state index is 0.0908. The van der Waals surface area contributed by atoms with Crippen LogP contribution in [0.5, 0.6) is 0 Å². The molecule has 0 aliphatic rings. The van der Waals surface area contributed by atoms with Gasteiger partial charge >= 0.3 is 0 Å². The monoisotopic (exact) mass is 358 g/mol. The lowest BCUT2D eigenvalue weighted by atomic mass is 10.2. The number of likely N-dealkylation sites (N-methyl/N-ethyl adjacent to an activating group) is 1. The molecule has 26 heavy (non-hydrogen) atoms. The summed E-state index contributed by atoms with van der Waals surface area (Å²) >= 11 is 0. The van der Waals surface area contributed by atoms with Gasteiger partial charge in [0.2, 0.25) is 5.91 Å². The third kappa shape index (κ3) is 4.09. The zero-order valence-electron chi connectivity index (χ0n) is 13.9. The molecule has 0 fully saturated rings. The van der Waals surface area contributed by atoms with Gasteiger partial charge < -0.3 is 10.3 Å². The van der Waals surface area contributed by atoms with Crippen molar-refractivity contribution >= 4 is 22.5 Å². The highest BCUT2D eigenvalue weighted by Gasteiger charge is 2.12. The number of carbonyl (C=O) groups excluding carboxylic acids is 1. The molecule has 0 atom stereocenters. The number of hydrogen-bond acceptors (Lipinski definition) is 4. The molecule has 0 saturated heterocycles. The molecule has 0 aliphatic carbocycles. The van der Waals surface area contributed by atoms with Crippen molar-refractivity contribution in [2.75, 3.05) is 18.9 Å². The summed E-state index contributed by atoms with van der Waals surface area (Å²) in [5.41, 5.74) is 0.0804. The highest BCUT2D eigenvalue weighted by Crippen LogP contribution is 2.15. The lowest BCUT2D eigenvalue weighted by Gasteiger charge is -2.16. The molecule has 0 unspecified atom stereocenters. The number of aromatic amines is 1. The molecule has 1 amide bonds. The second-order valence-corrected chi connectivity index (χ2v) is 5.87. The number of anilines is 1. The molecular formula is C18H16F2N4O2. The molecular weight excluding hydrogens is 342 g/mol. The first kappa shape index (κ1) is 17.7. The van der Waals surface area contributed by atoms with Crippen molar-refractivity contribution in [3.05, 3.63) is 70.3 Å². The van der Waals surface area contributed by atoms with Crippen molar-refractivity contribution in [1.29, 1.82) is 0 Å². The van der Waals surface area contributed by atoms with Gasteiger partial charge in [-0.25, -0.2) is 13.8 Å². The van der Waals surface area contributed by atoms with E-state index in [0.717, 1.165) is 18.2 Å². The van der Waals surface area contributed by atoms with E-state index in [2.05, 4.69) is 15.3 Å². The van der Waals surface area contributed by atoms with Gasteiger partial charge in [-0.05, 0) is 31.3 Å². The van der Waals surface area contributed by atoms with Crippen molar-refractivity contribution in [1.82, 2.24) is 14.9 Å². The zero-order valence-corrected chi connectivity index (χ0v) is 13.9. The average molecular weight is 358 g/mol. The molecule has 0 bridgehead atoms. The summed E-state index contributed by atoms with van der Waals surface area (Å²) in [6.07, 6.45) is 0. The third-order valence-corrected chi connectivity index (χ3v) is 3.70. The lowest BCUT2D eigenvalue weighted by Crippen LogP contribution is -2.31. The predicted molar refractivity (Wildman–Crippen MR) is 93.7 cm³/mol. The molecule has 6 nitrogen and oxygen atoms in total. The van der Waals surface area contributed by atoms with Crippen LogP contribution < -0.4 is 10.9 Å². The van der Waals surface area contributed by atoms with Gasteiger partial charge in [0.25, 0.3) is 5.56 Å². The van der Waals surface area contributed by atoms with Crippen LogP contribution >= 0.6 is 0 Å². The van der Waals surface area contributed by atoms with Crippen LogP contribution in [0.3, 0.4) is 0 Å². The van der Waals surface area contributed by atoms with Gasteiger partial charge in [-0.2, -0.15) is 0 Å². The highest BCUT2D eigenvalue weighted by molar-refractivity contribution is 5.92. The molecule has 1 heterocycles. The van der Waals surface area contributed by atoms with Crippen LogP contribution in [0.1, 0.15) is 5.82 Å². The number of halogens is 2. The van der Waals surface area contributed by atoms with Crippen molar-refractivity contribution in [2.45, 2.75) is 6.54 Å². The Kier molecular flexibility index (Phi) is 5.04. The Morgan fingerprint density at radius 3 is 2.81 bits per heavy atom. The van der Waals surface area contributed by atoms with Crippen LogP contribution in [-0.2, 0) is 11.3 Å². The molecule has 3 aromatic rings. The minimum Gasteiger partial charge on any atom is -0.322 e. The van der Waals surface area contributed by atoms with E-state index in [1.807, 2.05) is 0 Å². The molecule has 0 spiro atoms. The number of H-pyrrole nitrogens is 1. The van der Waals surface area contributed by atoms with Crippen molar-refractivity contribution in [3.63, 3.8) is 0 Å². The summed E-state index contributed by atoms with van der Waals surface area (Å²) in [6.45, 7) is 0.117. The van der Waals surface area contributed by atoms with Gasteiger partial charge in [0, 0.05) is 6.07 Å². The maximum absolute atomic E-state index is 13.6. The molecule has 1 aromatic heterocycles. The SMILES string of the molecule is CN(CC(=O)Nc1cc(F)ccc1F)Cc1nc2ccccc2c(=O)[nH]1. The Labute approximate surface area is 147 Å². The maximum Gasteiger partial charge on any atom is 0.258 e. The van der Waals surface area contributed by atoms with E-state index in [1.165, 1.54) is 0 Å². The Hall–Kier alpha value is -3.13. The fraction of sp³-hybridized carbons (Fsp3) is 0.167. The first-order valence-corrected chi connectivity index (χ1v) is 7.84. The van der Waals surface area contributed by atoms with Gasteiger partial charge in [-0.15, -0.1) is 0 Å². The number of nitrogens with one attached hydrogen (secondary N) is 2. The molecule has 8 heteroatoms. The number of hydrogen-bond donors (Lipinski definition) is 2. The summed E-state index contributed by atoms with van der Waals surface area (Å²) in [5.74, 6) is -1.48. The Morgan fingerprint density at radius 2 is 2.00 bits per heavy atom. The van der Waals surface area contributed by atoms with Crippen LogP contribution in [0.4, 0.5) is 14.5 Å². The van der Waals surface area contributed by atoms with Gasteiger partial charge in [0.05, 0.1) is 29.7 Å². The van der Waals surface area contributed by atoms with E-state index in [-0.39, 0.29) is 24.3 Å². The molecule has 2 N–H and O–H groups in total. The standard InChI is InChI=1S/C18H16F2N4O2/c1-24(10-17(25)22-15-8-11(19)6-7-13(15)20)9-16-21-14-5-3-2-4-12(14)18(26)23-16/h2-8H,9-10H2,1H3,(H,22,25)(H,21,23,26). The van der Waals surface area contributed by atoms with Gasteiger partial charge in [-0.1, -0.05) is 12.1 Å². The molecule has 0 radical (unpaired) electrons. The Morgan fingerprint density at radius 1 is 1.23 bits per heavy atom. The normalized spacial score (nSPS) is 11.1. The fourth-order valence-electron chi connectivity index (χ4n) is 2.55. The second kappa shape index (κ2) is 7.40. The topological polar surface area (TPSA) is 78.1 Å². The van der Waals surface area contributed by atoms with Gasteiger partial charge in [0.1, 0.15) is 17.5 Å². The largest absolute Gasteiger partial charge is 0.322 e. The summed E-state index contributed by atoms with van der Waals surface area (Å²) in [6, 6.07) is 9.76. The van der Waals surface area contributed by atoms with Crippen LogP contribution in [0.2, 0.25) is 0 Å². The predicted octanol–water partition coefficient (Wildman–Crippen LogP) is 2.27. The summed E-state index contributed by atoms with van der Waals surface area (Å²) in [7, 11) is 1.65. The number of carbonyl (C=O) groups is 1. The van der Waals surface area contributed by atoms with Crippen LogP contribution in [0, 0.1) is 11.6 Å². The quantitative estimate of drug-likeness (QED) is 0.733. The van der Waals surface area contributed by atoms with Crippen molar-refractivity contribution < 1.29 is 13.6 Å². The van der Waals surface area contributed by atoms with Gasteiger partial charge in [0.15, 0.2) is 0 Å². The zero-order chi connectivity index (χ0) is 18.7. The Balaban J connectivity index is 1.67. The van der Waals surface area contributed by atoms with Crippen LogP contribution in [-0.4, -0.2) is 34.4 Å². The molecule has 0 aliphatic heterocycles. The molecule has 0 saturated carbocycles. The fourth-order valence-corrected chi connectivity index (χ4v) is 2.55. The van der Waals surface area contributed by atoms with Crippen molar-refractivity contribution in [3.8, 4) is 0 Å². The van der Waals surface area contributed by atoms with Crippen molar-refractivity contribution in [2.24, 2.45) is 0 Å². The van der Waals surface area contributed by atoms with Gasteiger partial charge in [-0.3, -0.25) is 14.5 Å². The first-order chi connectivity index (χ1) is 12.4. The highest BCUT2D eigenvalue weighted by atomic mass is 19.1. The number of aromatic nitrogens is 2. The van der Waals surface area contributed by atoms with E-state index >= 15 is 0 Å². The molecule has 2 aromatic carbocycles. The van der Waals surface area contributed by atoms with E-state index in [9.17, 15) is 18.4 Å². The summed E-state index contributed by atoms with van der Waals surface area (Å²) in [5, 5.41) is 2.81. The minimum atomic E-state index is -0.720. The second-order valence-electron chi connectivity index (χ2n) is 5.87. The number of fused-ring (bicyclic) bond motifs is 1. The van der Waals surface area contributed by atoms with Crippen LogP contribution in [0.25, 0.3) is 10.9 Å². The molecule has 134 valence electrons. The maximum atomic E-state index is 13.6. The number of nitrogens with zero attached hydrogens (tertiary/aromatic N) is 2. The number of rotatable bonds is 5. The average Bonchev–Trinajstić information content (AvgIpc) is 2.58. The van der Waals surface area contributed by atoms with E-state index in [4.69, 9.17) is 0 Å². The number of amides is 1. The van der Waals surface area contributed by atoms with Crippen LogP contribution in [0.15, 0.2) is 47.3 Å². The number of para-hydroxylation sites is 1. The molecule has 3 rings (SSSR count). The summed E-state index contributed by atoms with van der Waals surface area (Å²) < 4.78 is 26.7.